The van der Waals surface area contributed by atoms with Gasteiger partial charge in [-0.2, -0.15) is 0 Å². The molecule has 0 amide bonds. The zero-order valence-corrected chi connectivity index (χ0v) is 18.2. The molecule has 0 unspecified atom stereocenters. The van der Waals surface area contributed by atoms with Crippen molar-refractivity contribution in [1.82, 2.24) is 10.2 Å². The van der Waals surface area contributed by atoms with E-state index in [9.17, 15) is 0 Å². The first-order chi connectivity index (χ1) is 13.7. The van der Waals surface area contributed by atoms with Crippen molar-refractivity contribution in [3.8, 4) is 0 Å². The van der Waals surface area contributed by atoms with Crippen molar-refractivity contribution in [2.24, 2.45) is 10.7 Å². The summed E-state index contributed by atoms with van der Waals surface area (Å²) in [6.45, 7) is 22.8. The quantitative estimate of drug-likeness (QED) is 0.394. The third-order valence-electron chi connectivity index (χ3n) is 4.38. The smallest absolute Gasteiger partial charge is 0.138 e. The van der Waals surface area contributed by atoms with Crippen molar-refractivity contribution in [3.05, 3.63) is 96.5 Å². The van der Waals surface area contributed by atoms with Crippen molar-refractivity contribution in [2.45, 2.75) is 27.2 Å². The first kappa shape index (κ1) is 23.8. The number of likely N-dealkylation sites (N-methyl/N-ethyl adjacent to an activating group) is 1. The molecule has 29 heavy (non-hydrogen) atoms. The van der Waals surface area contributed by atoms with Crippen LogP contribution in [0.25, 0.3) is 0 Å². The third kappa shape index (κ3) is 7.37. The minimum Gasteiger partial charge on any atom is -0.492 e. The Labute approximate surface area is 175 Å². The molecular formula is C24H34N4O. The van der Waals surface area contributed by atoms with Crippen LogP contribution in [-0.4, -0.2) is 30.8 Å². The van der Waals surface area contributed by atoms with Crippen molar-refractivity contribution in [3.63, 3.8) is 0 Å². The van der Waals surface area contributed by atoms with Gasteiger partial charge in [0.05, 0.1) is 18.0 Å². The van der Waals surface area contributed by atoms with Crippen LogP contribution in [0, 0.1) is 0 Å². The van der Waals surface area contributed by atoms with Gasteiger partial charge in [-0.25, -0.2) is 4.99 Å². The predicted octanol–water partition coefficient (Wildman–Crippen LogP) is 4.69. The summed E-state index contributed by atoms with van der Waals surface area (Å²) in [5, 5.41) is 3.32. The van der Waals surface area contributed by atoms with E-state index in [0.717, 1.165) is 39.7 Å². The summed E-state index contributed by atoms with van der Waals surface area (Å²) < 4.78 is 5.56. The summed E-state index contributed by atoms with van der Waals surface area (Å²) in [4.78, 5) is 6.56. The fraction of sp³-hybridized carbons (Fsp3) is 0.292. The molecule has 0 atom stereocenters. The Morgan fingerprint density at radius 1 is 1.31 bits per heavy atom. The number of aliphatic imine (C=N–C) groups is 1. The monoisotopic (exact) mass is 394 g/mol. The molecule has 1 rings (SSSR count). The molecule has 0 aliphatic heterocycles. The third-order valence-corrected chi connectivity index (χ3v) is 4.38. The van der Waals surface area contributed by atoms with Crippen molar-refractivity contribution >= 4 is 5.71 Å². The van der Waals surface area contributed by atoms with Gasteiger partial charge in [0.25, 0.3) is 0 Å². The molecule has 0 saturated carbocycles. The molecule has 5 heteroatoms. The van der Waals surface area contributed by atoms with Crippen LogP contribution in [0.1, 0.15) is 27.2 Å². The lowest BCUT2D eigenvalue weighted by Crippen LogP contribution is -2.22. The van der Waals surface area contributed by atoms with Gasteiger partial charge in [0.15, 0.2) is 0 Å². The molecule has 0 saturated heterocycles. The lowest BCUT2D eigenvalue weighted by atomic mass is 10.2. The molecule has 0 aromatic heterocycles. The van der Waals surface area contributed by atoms with Crippen LogP contribution in [0.15, 0.2) is 102 Å². The Hall–Kier alpha value is -3.21. The first-order valence-electron chi connectivity index (χ1n) is 9.59. The van der Waals surface area contributed by atoms with Crippen molar-refractivity contribution in [2.75, 3.05) is 20.2 Å². The summed E-state index contributed by atoms with van der Waals surface area (Å²) >= 11 is 0. The Morgan fingerprint density at radius 2 is 2.00 bits per heavy atom. The number of nitrogens with two attached hydrogens (primary N) is 1. The molecule has 156 valence electrons. The highest BCUT2D eigenvalue weighted by atomic mass is 16.5. The molecule has 0 heterocycles. The summed E-state index contributed by atoms with van der Waals surface area (Å²) in [6.07, 6.45) is 10.2. The predicted molar refractivity (Wildman–Crippen MR) is 125 cm³/mol. The summed E-state index contributed by atoms with van der Waals surface area (Å²) in [7, 11) is 1.90. The van der Waals surface area contributed by atoms with E-state index in [-0.39, 0.29) is 0 Å². The molecule has 5 nitrogen and oxygen atoms in total. The molecule has 3 N–H and O–H groups in total. The number of allylic oxidation sites excluding steroid dienone is 6. The molecule has 1 aliphatic carbocycles. The van der Waals surface area contributed by atoms with E-state index in [1.807, 2.05) is 50.9 Å². The van der Waals surface area contributed by atoms with Gasteiger partial charge < -0.3 is 20.7 Å². The Morgan fingerprint density at radius 3 is 2.59 bits per heavy atom. The molecule has 0 fully saturated rings. The van der Waals surface area contributed by atoms with Crippen molar-refractivity contribution in [1.29, 1.82) is 0 Å². The highest BCUT2D eigenvalue weighted by Crippen LogP contribution is 2.18. The number of rotatable bonds is 11. The topological polar surface area (TPSA) is 62.9 Å². The van der Waals surface area contributed by atoms with Crippen LogP contribution in [0.5, 0.6) is 0 Å². The molecule has 0 spiro atoms. The molecule has 0 aromatic carbocycles. The van der Waals surface area contributed by atoms with E-state index >= 15 is 0 Å². The van der Waals surface area contributed by atoms with E-state index < -0.39 is 0 Å². The lowest BCUT2D eigenvalue weighted by molar-refractivity contribution is 0.238. The number of ether oxygens (including phenoxy) is 1. The minimum absolute atomic E-state index is 0.591. The zero-order valence-electron chi connectivity index (χ0n) is 18.2. The number of nitrogens with zero attached hydrogens (tertiary/aromatic N) is 2. The second-order valence-electron chi connectivity index (χ2n) is 6.71. The van der Waals surface area contributed by atoms with Crippen LogP contribution in [0.2, 0.25) is 0 Å². The fourth-order valence-corrected chi connectivity index (χ4v) is 2.46. The van der Waals surface area contributed by atoms with E-state index in [2.05, 4.69) is 42.7 Å². The van der Waals surface area contributed by atoms with E-state index in [1.165, 1.54) is 0 Å². The van der Waals surface area contributed by atoms with Crippen LogP contribution in [0.4, 0.5) is 0 Å². The van der Waals surface area contributed by atoms with Gasteiger partial charge in [-0.05, 0) is 44.1 Å². The van der Waals surface area contributed by atoms with Gasteiger partial charge in [-0.3, -0.25) is 0 Å². The van der Waals surface area contributed by atoms with Crippen LogP contribution in [0.3, 0.4) is 0 Å². The van der Waals surface area contributed by atoms with E-state index in [0.29, 0.717) is 25.4 Å². The maximum atomic E-state index is 6.06. The first-order valence-corrected chi connectivity index (χ1v) is 9.59. The van der Waals surface area contributed by atoms with Gasteiger partial charge >= 0.3 is 0 Å². The highest BCUT2D eigenvalue weighted by molar-refractivity contribution is 5.97. The molecule has 0 bridgehead atoms. The average molecular weight is 395 g/mol. The van der Waals surface area contributed by atoms with Gasteiger partial charge in [0, 0.05) is 31.4 Å². The number of nitrogens with one attached hydrogen (secondary N) is 1. The second-order valence-corrected chi connectivity index (χ2v) is 6.71. The van der Waals surface area contributed by atoms with Gasteiger partial charge in [0.2, 0.25) is 0 Å². The fourth-order valence-electron chi connectivity index (χ4n) is 2.46. The average Bonchev–Trinajstić information content (AvgIpc) is 2.86. The Bertz CT molecular complexity index is 822. The van der Waals surface area contributed by atoms with E-state index in [1.54, 1.807) is 6.08 Å². The second kappa shape index (κ2) is 11.6. The maximum Gasteiger partial charge on any atom is 0.138 e. The highest BCUT2D eigenvalue weighted by Gasteiger charge is 2.10. The summed E-state index contributed by atoms with van der Waals surface area (Å²) in [6, 6.07) is 0. The molecule has 0 aromatic rings. The van der Waals surface area contributed by atoms with Gasteiger partial charge in [0.1, 0.15) is 11.6 Å². The maximum absolute atomic E-state index is 6.06. The van der Waals surface area contributed by atoms with Crippen LogP contribution in [-0.2, 0) is 4.74 Å². The van der Waals surface area contributed by atoms with Crippen LogP contribution < -0.4 is 11.1 Å². The Balaban J connectivity index is 2.82. The van der Waals surface area contributed by atoms with Crippen LogP contribution >= 0.6 is 0 Å². The normalized spacial score (nSPS) is 14.7. The van der Waals surface area contributed by atoms with Gasteiger partial charge in [-0.15, -0.1) is 0 Å². The number of hydrogen-bond donors (Lipinski definition) is 2. The SMILES string of the molecule is C=C/C=C(/N=C(\C)C(=C)NCC1=CCC(N)=C(OCC)C=C1)N(C)C(=C)C(=C)C. The zero-order chi connectivity index (χ0) is 22.0. The van der Waals surface area contributed by atoms with Crippen molar-refractivity contribution < 1.29 is 4.74 Å². The minimum atomic E-state index is 0.591. The number of hydrogen-bond acceptors (Lipinski definition) is 5. The summed E-state index contributed by atoms with van der Waals surface area (Å²) in [5.74, 6) is 1.44. The van der Waals surface area contributed by atoms with Gasteiger partial charge in [-0.1, -0.05) is 44.5 Å². The lowest BCUT2D eigenvalue weighted by Gasteiger charge is -2.23. The molecule has 1 aliphatic rings. The standard InChI is InChI=1S/C24H34N4O/c1-9-11-24(28(8)20(7)17(3)4)27-19(6)18(5)26-16-21-12-14-22(25)23(15-13-21)29-10-2/h9,11-13,15,26H,1,3,5,7,10,14,16,25H2,2,4,6,8H3/b24-11-,27-19+. The Kier molecular flexibility index (Phi) is 9.52. The molecular weight excluding hydrogens is 360 g/mol. The van der Waals surface area contributed by atoms with E-state index in [4.69, 9.17) is 10.5 Å². The largest absolute Gasteiger partial charge is 0.492 e. The summed E-state index contributed by atoms with van der Waals surface area (Å²) in [5.41, 5.74) is 11.1. The molecule has 0 radical (unpaired) electrons.